The summed E-state index contributed by atoms with van der Waals surface area (Å²) >= 11 is 1.31. The van der Waals surface area contributed by atoms with E-state index in [9.17, 15) is 13.2 Å². The number of piperidine rings is 1. The SMILES string of the molecule is Cc1ccc(CNC(=O)CCC2CCCN(S(=O)(=O)c3ccc(C)s3)C2)o1. The van der Waals surface area contributed by atoms with Gasteiger partial charge in [-0.15, -0.1) is 11.3 Å². The van der Waals surface area contributed by atoms with Gasteiger partial charge in [-0.3, -0.25) is 4.79 Å². The van der Waals surface area contributed by atoms with Crippen LogP contribution in [0.4, 0.5) is 0 Å². The summed E-state index contributed by atoms with van der Waals surface area (Å²) < 4.78 is 33.0. The number of rotatable bonds is 7. The van der Waals surface area contributed by atoms with Gasteiger partial charge >= 0.3 is 0 Å². The van der Waals surface area contributed by atoms with E-state index in [0.717, 1.165) is 29.2 Å². The first kappa shape index (κ1) is 20.1. The smallest absolute Gasteiger partial charge is 0.252 e. The Balaban J connectivity index is 1.48. The number of hydrogen-bond donors (Lipinski definition) is 1. The molecule has 0 saturated carbocycles. The van der Waals surface area contributed by atoms with Gasteiger partial charge in [0.25, 0.3) is 10.0 Å². The number of amides is 1. The maximum atomic E-state index is 12.8. The molecule has 3 heterocycles. The lowest BCUT2D eigenvalue weighted by Crippen LogP contribution is -2.39. The van der Waals surface area contributed by atoms with Crippen molar-refractivity contribution in [3.8, 4) is 0 Å². The van der Waals surface area contributed by atoms with E-state index in [1.807, 2.05) is 32.0 Å². The fourth-order valence-electron chi connectivity index (χ4n) is 3.35. The highest BCUT2D eigenvalue weighted by molar-refractivity contribution is 7.91. The van der Waals surface area contributed by atoms with E-state index in [2.05, 4.69) is 5.32 Å². The van der Waals surface area contributed by atoms with Crippen LogP contribution in [-0.2, 0) is 21.4 Å². The Labute approximate surface area is 164 Å². The summed E-state index contributed by atoms with van der Waals surface area (Å²) in [6, 6.07) is 7.24. The number of carbonyl (C=O) groups excluding carboxylic acids is 1. The number of thiophene rings is 1. The van der Waals surface area contributed by atoms with Gasteiger partial charge in [0.2, 0.25) is 5.91 Å². The minimum absolute atomic E-state index is 0.0297. The number of nitrogens with one attached hydrogen (secondary N) is 1. The summed E-state index contributed by atoms with van der Waals surface area (Å²) in [6.45, 7) is 5.20. The Morgan fingerprint density at radius 3 is 2.78 bits per heavy atom. The lowest BCUT2D eigenvalue weighted by molar-refractivity contribution is -0.121. The molecule has 27 heavy (non-hydrogen) atoms. The quantitative estimate of drug-likeness (QED) is 0.758. The molecule has 1 atom stereocenters. The summed E-state index contributed by atoms with van der Waals surface area (Å²) in [7, 11) is -3.42. The molecule has 1 fully saturated rings. The van der Waals surface area contributed by atoms with Crippen molar-refractivity contribution < 1.29 is 17.6 Å². The molecule has 3 rings (SSSR count). The first-order chi connectivity index (χ1) is 12.8. The molecule has 1 aliphatic rings. The van der Waals surface area contributed by atoms with E-state index in [0.29, 0.717) is 36.7 Å². The van der Waals surface area contributed by atoms with Crippen LogP contribution in [0.2, 0.25) is 0 Å². The van der Waals surface area contributed by atoms with Gasteiger partial charge in [0, 0.05) is 24.4 Å². The van der Waals surface area contributed by atoms with E-state index in [-0.39, 0.29) is 11.8 Å². The van der Waals surface area contributed by atoms with Crippen molar-refractivity contribution in [2.24, 2.45) is 5.92 Å². The normalized spacial score (nSPS) is 18.5. The molecule has 1 N–H and O–H groups in total. The minimum Gasteiger partial charge on any atom is -0.465 e. The summed E-state index contributed by atoms with van der Waals surface area (Å²) in [5.74, 6) is 1.75. The molecular formula is C19H26N2O4S2. The van der Waals surface area contributed by atoms with E-state index in [1.165, 1.54) is 11.3 Å². The zero-order valence-corrected chi connectivity index (χ0v) is 17.4. The summed E-state index contributed by atoms with van der Waals surface area (Å²) in [4.78, 5) is 13.1. The van der Waals surface area contributed by atoms with Gasteiger partial charge in [-0.25, -0.2) is 8.42 Å². The van der Waals surface area contributed by atoms with E-state index < -0.39 is 10.0 Å². The van der Waals surface area contributed by atoms with Crippen molar-refractivity contribution in [2.45, 2.75) is 50.3 Å². The Kier molecular flexibility index (Phi) is 6.39. The molecule has 8 heteroatoms. The standard InChI is InChI=1S/C19H26N2O4S2/c1-14-5-8-17(25-14)12-20-18(22)9-7-16-4-3-11-21(13-16)27(23,24)19-10-6-15(2)26-19/h5-6,8,10,16H,3-4,7,9,11-13H2,1-2H3,(H,20,22). The molecule has 0 aliphatic carbocycles. The number of furan rings is 1. The van der Waals surface area contributed by atoms with Crippen molar-refractivity contribution >= 4 is 27.3 Å². The van der Waals surface area contributed by atoms with Crippen LogP contribution in [0.25, 0.3) is 0 Å². The maximum Gasteiger partial charge on any atom is 0.252 e. The molecule has 2 aromatic heterocycles. The number of aryl methyl sites for hydroxylation is 2. The van der Waals surface area contributed by atoms with Crippen LogP contribution in [0.3, 0.4) is 0 Å². The largest absolute Gasteiger partial charge is 0.465 e. The number of carbonyl (C=O) groups is 1. The van der Waals surface area contributed by atoms with Gasteiger partial charge < -0.3 is 9.73 Å². The van der Waals surface area contributed by atoms with E-state index in [1.54, 1.807) is 10.4 Å². The monoisotopic (exact) mass is 410 g/mol. The topological polar surface area (TPSA) is 79.6 Å². The molecule has 1 unspecified atom stereocenters. The second kappa shape index (κ2) is 8.58. The molecule has 0 spiro atoms. The first-order valence-corrected chi connectivity index (χ1v) is 11.5. The van der Waals surface area contributed by atoms with Crippen molar-refractivity contribution in [3.05, 3.63) is 40.7 Å². The molecule has 0 radical (unpaired) electrons. The summed E-state index contributed by atoms with van der Waals surface area (Å²) in [5.41, 5.74) is 0. The van der Waals surface area contributed by atoms with Crippen molar-refractivity contribution in [1.29, 1.82) is 0 Å². The Bertz CT molecular complexity index is 885. The van der Waals surface area contributed by atoms with Crippen molar-refractivity contribution in [1.82, 2.24) is 9.62 Å². The van der Waals surface area contributed by atoms with Crippen LogP contribution in [0.5, 0.6) is 0 Å². The third-order valence-electron chi connectivity index (χ3n) is 4.83. The molecule has 0 bridgehead atoms. The average molecular weight is 411 g/mol. The van der Waals surface area contributed by atoms with Crippen LogP contribution in [0.15, 0.2) is 32.9 Å². The maximum absolute atomic E-state index is 12.8. The van der Waals surface area contributed by atoms with Crippen LogP contribution in [0.1, 0.15) is 42.1 Å². The van der Waals surface area contributed by atoms with Gasteiger partial charge in [-0.05, 0) is 63.3 Å². The van der Waals surface area contributed by atoms with E-state index in [4.69, 9.17) is 4.42 Å². The van der Waals surface area contributed by atoms with Crippen LogP contribution < -0.4 is 5.32 Å². The fourth-order valence-corrected chi connectivity index (χ4v) is 6.34. The Hall–Kier alpha value is -1.64. The highest BCUT2D eigenvalue weighted by Gasteiger charge is 2.31. The molecule has 148 valence electrons. The van der Waals surface area contributed by atoms with E-state index >= 15 is 0 Å². The highest BCUT2D eigenvalue weighted by atomic mass is 32.2. The van der Waals surface area contributed by atoms with Gasteiger partial charge in [-0.2, -0.15) is 4.31 Å². The second-order valence-corrected chi connectivity index (χ2v) is 10.5. The Morgan fingerprint density at radius 2 is 2.11 bits per heavy atom. The third-order valence-corrected chi connectivity index (χ3v) is 8.16. The first-order valence-electron chi connectivity index (χ1n) is 9.23. The fraction of sp³-hybridized carbons (Fsp3) is 0.526. The van der Waals surface area contributed by atoms with Crippen molar-refractivity contribution in [3.63, 3.8) is 0 Å². The van der Waals surface area contributed by atoms with Gasteiger partial charge in [0.05, 0.1) is 6.54 Å². The zero-order chi connectivity index (χ0) is 19.4. The summed E-state index contributed by atoms with van der Waals surface area (Å²) in [5, 5.41) is 2.86. The number of nitrogens with zero attached hydrogens (tertiary/aromatic N) is 1. The molecule has 1 amide bonds. The Morgan fingerprint density at radius 1 is 1.30 bits per heavy atom. The predicted octanol–water partition coefficient (Wildman–Crippen LogP) is 3.46. The summed E-state index contributed by atoms with van der Waals surface area (Å²) in [6.07, 6.45) is 2.89. The number of sulfonamides is 1. The minimum atomic E-state index is -3.42. The third kappa shape index (κ3) is 5.21. The average Bonchev–Trinajstić information content (AvgIpc) is 3.27. The molecule has 0 aromatic carbocycles. The lowest BCUT2D eigenvalue weighted by Gasteiger charge is -2.31. The van der Waals surface area contributed by atoms with Crippen molar-refractivity contribution in [2.75, 3.05) is 13.1 Å². The van der Waals surface area contributed by atoms with Gasteiger partial charge in [-0.1, -0.05) is 0 Å². The second-order valence-electron chi connectivity index (χ2n) is 7.06. The van der Waals surface area contributed by atoms with Crippen LogP contribution in [-0.4, -0.2) is 31.7 Å². The van der Waals surface area contributed by atoms with Gasteiger partial charge in [0.15, 0.2) is 0 Å². The molecular weight excluding hydrogens is 384 g/mol. The van der Waals surface area contributed by atoms with Crippen LogP contribution in [0, 0.1) is 19.8 Å². The highest BCUT2D eigenvalue weighted by Crippen LogP contribution is 2.29. The van der Waals surface area contributed by atoms with Crippen LogP contribution >= 0.6 is 11.3 Å². The molecule has 6 nitrogen and oxygen atoms in total. The van der Waals surface area contributed by atoms with Gasteiger partial charge in [0.1, 0.15) is 15.7 Å². The number of hydrogen-bond acceptors (Lipinski definition) is 5. The zero-order valence-electron chi connectivity index (χ0n) is 15.7. The molecule has 2 aromatic rings. The predicted molar refractivity (Wildman–Crippen MR) is 105 cm³/mol. The lowest BCUT2D eigenvalue weighted by atomic mass is 9.94. The molecule has 1 saturated heterocycles. The molecule has 1 aliphatic heterocycles.